The summed E-state index contributed by atoms with van der Waals surface area (Å²) in [4.78, 5) is 0. The molecule has 7 heteroatoms. The van der Waals surface area contributed by atoms with Gasteiger partial charge in [0, 0.05) is 0 Å². The van der Waals surface area contributed by atoms with Gasteiger partial charge in [-0.1, -0.05) is 12.1 Å². The van der Waals surface area contributed by atoms with Gasteiger partial charge in [0.15, 0.2) is 0 Å². The average Bonchev–Trinajstić information content (AvgIpc) is 2.15. The van der Waals surface area contributed by atoms with Crippen LogP contribution in [0.4, 0.5) is 0 Å². The Labute approximate surface area is 116 Å². The number of phenols is 1. The van der Waals surface area contributed by atoms with Gasteiger partial charge < -0.3 is 14.8 Å². The van der Waals surface area contributed by atoms with Gasteiger partial charge in [0.05, 0.1) is 0 Å². The molecule has 0 aromatic heterocycles. The Hall–Kier alpha value is -0.110. The summed E-state index contributed by atoms with van der Waals surface area (Å²) >= 11 is 0. The van der Waals surface area contributed by atoms with Gasteiger partial charge in [0.25, 0.3) is 0 Å². The molecular formula is C9H11NaO5S. The van der Waals surface area contributed by atoms with Crippen LogP contribution < -0.4 is 29.6 Å². The van der Waals surface area contributed by atoms with Gasteiger partial charge in [-0.3, -0.25) is 0 Å². The zero-order valence-corrected chi connectivity index (χ0v) is 11.6. The van der Waals surface area contributed by atoms with E-state index in [0.717, 1.165) is 5.56 Å². The molecule has 2 N–H and O–H groups in total. The molecule has 0 fully saturated rings. The quantitative estimate of drug-likeness (QED) is 0.446. The molecule has 16 heavy (non-hydrogen) atoms. The first kappa shape index (κ1) is 15.9. The van der Waals surface area contributed by atoms with Crippen molar-refractivity contribution >= 4 is 10.1 Å². The van der Waals surface area contributed by atoms with Gasteiger partial charge in [0.2, 0.25) is 0 Å². The zero-order valence-electron chi connectivity index (χ0n) is 8.83. The molecule has 84 valence electrons. The molecule has 0 amide bonds. The normalized spacial score (nSPS) is 12.9. The van der Waals surface area contributed by atoms with Crippen LogP contribution in [0.3, 0.4) is 0 Å². The third-order valence-corrected chi connectivity index (χ3v) is 2.85. The maximum atomic E-state index is 10.4. The average molecular weight is 254 g/mol. The molecule has 1 aromatic rings. The van der Waals surface area contributed by atoms with Crippen molar-refractivity contribution in [2.75, 3.05) is 0 Å². The van der Waals surface area contributed by atoms with Crippen molar-refractivity contribution in [1.29, 1.82) is 0 Å². The molecule has 0 spiro atoms. The van der Waals surface area contributed by atoms with Crippen molar-refractivity contribution in [1.82, 2.24) is 0 Å². The minimum Gasteiger partial charge on any atom is -0.746 e. The van der Waals surface area contributed by atoms with Gasteiger partial charge in [-0.05, 0) is 30.5 Å². The summed E-state index contributed by atoms with van der Waals surface area (Å²) < 4.78 is 31.1. The monoisotopic (exact) mass is 254 g/mol. The van der Waals surface area contributed by atoms with E-state index in [0.29, 0.717) is 0 Å². The number of aryl methyl sites for hydroxylation is 1. The van der Waals surface area contributed by atoms with Crippen molar-refractivity contribution in [3.05, 3.63) is 29.8 Å². The third-order valence-electron chi connectivity index (χ3n) is 1.95. The molecule has 1 atom stereocenters. The minimum atomic E-state index is -4.62. The third kappa shape index (κ3) is 5.29. The number of phenolic OH excluding ortho intramolecular Hbond substituents is 1. The second kappa shape index (κ2) is 6.58. The van der Waals surface area contributed by atoms with Gasteiger partial charge in [-0.2, -0.15) is 0 Å². The van der Waals surface area contributed by atoms with E-state index in [1.807, 2.05) is 0 Å². The van der Waals surface area contributed by atoms with E-state index in [2.05, 4.69) is 0 Å². The number of aliphatic hydroxyl groups excluding tert-OH is 1. The SMILES string of the molecule is O=S(=O)([O-])C(O)CCc1ccc(O)cc1.[Na+]. The van der Waals surface area contributed by atoms with E-state index in [1.165, 1.54) is 12.1 Å². The van der Waals surface area contributed by atoms with Crippen LogP contribution >= 0.6 is 0 Å². The van der Waals surface area contributed by atoms with Crippen LogP contribution in [0.2, 0.25) is 0 Å². The first-order valence-corrected chi connectivity index (χ1v) is 5.77. The van der Waals surface area contributed by atoms with Crippen LogP contribution in [0, 0.1) is 0 Å². The summed E-state index contributed by atoms with van der Waals surface area (Å²) in [5.41, 5.74) is -1.12. The number of hydrogen-bond acceptors (Lipinski definition) is 5. The Balaban J connectivity index is 0.00000225. The molecule has 0 aliphatic carbocycles. The maximum Gasteiger partial charge on any atom is 1.00 e. The molecule has 0 saturated carbocycles. The van der Waals surface area contributed by atoms with E-state index in [4.69, 9.17) is 10.2 Å². The van der Waals surface area contributed by atoms with Crippen molar-refractivity contribution in [2.24, 2.45) is 0 Å². The number of rotatable bonds is 4. The summed E-state index contributed by atoms with van der Waals surface area (Å²) in [7, 11) is -4.62. The molecule has 0 heterocycles. The topological polar surface area (TPSA) is 97.7 Å². The fraction of sp³-hybridized carbons (Fsp3) is 0.333. The molecule has 0 radical (unpaired) electrons. The smallest absolute Gasteiger partial charge is 0.746 e. The second-order valence-corrected chi connectivity index (χ2v) is 4.68. The molecule has 1 rings (SSSR count). The Morgan fingerprint density at radius 1 is 1.25 bits per heavy atom. The molecule has 0 aliphatic heterocycles. The van der Waals surface area contributed by atoms with Crippen LogP contribution in [0.5, 0.6) is 5.75 Å². The number of hydrogen-bond donors (Lipinski definition) is 2. The Morgan fingerprint density at radius 2 is 1.75 bits per heavy atom. The Kier molecular flexibility index (Phi) is 6.54. The largest absolute Gasteiger partial charge is 1.00 e. The fourth-order valence-electron chi connectivity index (χ4n) is 1.10. The van der Waals surface area contributed by atoms with Crippen molar-refractivity contribution in [3.63, 3.8) is 0 Å². The van der Waals surface area contributed by atoms with E-state index in [9.17, 15) is 13.0 Å². The van der Waals surface area contributed by atoms with E-state index >= 15 is 0 Å². The van der Waals surface area contributed by atoms with Crippen molar-refractivity contribution in [3.8, 4) is 5.75 Å². The van der Waals surface area contributed by atoms with E-state index in [1.54, 1.807) is 12.1 Å². The van der Waals surface area contributed by atoms with Crippen LogP contribution in [0.15, 0.2) is 24.3 Å². The minimum absolute atomic E-state index is 0. The predicted octanol–water partition coefficient (Wildman–Crippen LogP) is -2.81. The van der Waals surface area contributed by atoms with Gasteiger partial charge in [-0.15, -0.1) is 0 Å². The van der Waals surface area contributed by atoms with Crippen molar-refractivity contribution < 1.29 is 52.7 Å². The summed E-state index contributed by atoms with van der Waals surface area (Å²) in [6.45, 7) is 0. The molecule has 0 saturated heterocycles. The van der Waals surface area contributed by atoms with E-state index in [-0.39, 0.29) is 48.1 Å². The number of aromatic hydroxyl groups is 1. The fourth-order valence-corrected chi connectivity index (χ4v) is 1.50. The van der Waals surface area contributed by atoms with Crippen molar-refractivity contribution in [2.45, 2.75) is 18.3 Å². The zero-order chi connectivity index (χ0) is 11.5. The first-order chi connectivity index (χ1) is 6.89. The molecular weight excluding hydrogens is 243 g/mol. The maximum absolute atomic E-state index is 10.4. The Bertz CT molecular complexity index is 414. The Morgan fingerprint density at radius 3 is 2.19 bits per heavy atom. The molecule has 0 aliphatic rings. The van der Waals surface area contributed by atoms with Gasteiger partial charge in [-0.25, -0.2) is 8.42 Å². The molecule has 1 unspecified atom stereocenters. The van der Waals surface area contributed by atoms with Crippen LogP contribution in [-0.4, -0.2) is 28.6 Å². The summed E-state index contributed by atoms with van der Waals surface area (Å²) in [5, 5.41) is 17.9. The molecule has 1 aromatic carbocycles. The van der Waals surface area contributed by atoms with Crippen LogP contribution in [-0.2, 0) is 16.5 Å². The van der Waals surface area contributed by atoms with Gasteiger partial charge >= 0.3 is 29.6 Å². The first-order valence-electron chi connectivity index (χ1n) is 4.30. The summed E-state index contributed by atoms with van der Waals surface area (Å²) in [6.07, 6.45) is 0.125. The molecule has 0 bridgehead atoms. The standard InChI is InChI=1S/C9H12O5S.Na/c10-8-4-1-7(2-5-8)3-6-9(11)15(12,13)14;/h1-2,4-5,9-11H,3,6H2,(H,12,13,14);/q;+1/p-1. The van der Waals surface area contributed by atoms with Crippen LogP contribution in [0.1, 0.15) is 12.0 Å². The summed E-state index contributed by atoms with van der Waals surface area (Å²) in [6, 6.07) is 6.10. The number of benzene rings is 1. The number of aliphatic hydroxyl groups is 1. The second-order valence-electron chi connectivity index (χ2n) is 3.15. The van der Waals surface area contributed by atoms with E-state index < -0.39 is 15.6 Å². The van der Waals surface area contributed by atoms with Gasteiger partial charge in [0.1, 0.15) is 21.3 Å². The predicted molar refractivity (Wildman–Crippen MR) is 52.1 cm³/mol. The molecule has 5 nitrogen and oxygen atoms in total. The van der Waals surface area contributed by atoms with Crippen LogP contribution in [0.25, 0.3) is 0 Å². The summed E-state index contributed by atoms with van der Waals surface area (Å²) in [5.74, 6) is 0.107.